The van der Waals surface area contributed by atoms with Gasteiger partial charge in [-0.05, 0) is 31.2 Å². The van der Waals surface area contributed by atoms with Crippen LogP contribution >= 0.6 is 23.5 Å². The second kappa shape index (κ2) is 7.22. The molecular weight excluding hydrogens is 304 g/mol. The highest BCUT2D eigenvalue weighted by atomic mass is 32.2. The smallest absolute Gasteiger partial charge is 0.313 e. The van der Waals surface area contributed by atoms with E-state index in [0.29, 0.717) is 0 Å². The van der Waals surface area contributed by atoms with E-state index in [1.165, 1.54) is 11.8 Å². The van der Waals surface area contributed by atoms with Gasteiger partial charge in [-0.2, -0.15) is 11.8 Å². The van der Waals surface area contributed by atoms with E-state index < -0.39 is 5.97 Å². The van der Waals surface area contributed by atoms with Crippen molar-refractivity contribution in [1.82, 2.24) is 9.55 Å². The molecule has 0 aliphatic rings. The zero-order valence-corrected chi connectivity index (χ0v) is 14.1. The number of carbonyl (C=O) groups is 1. The van der Waals surface area contributed by atoms with Crippen molar-refractivity contribution in [2.45, 2.75) is 32.0 Å². The van der Waals surface area contributed by atoms with Crippen molar-refractivity contribution in [2.24, 2.45) is 0 Å². The molecule has 0 saturated carbocycles. The molecule has 0 spiro atoms. The molecule has 114 valence electrons. The van der Waals surface area contributed by atoms with E-state index in [0.717, 1.165) is 33.3 Å². The molecule has 0 amide bonds. The fourth-order valence-corrected chi connectivity index (χ4v) is 3.80. The summed E-state index contributed by atoms with van der Waals surface area (Å²) in [7, 11) is 0. The summed E-state index contributed by atoms with van der Waals surface area (Å²) in [4.78, 5) is 15.5. The summed E-state index contributed by atoms with van der Waals surface area (Å²) in [5.41, 5.74) is 3.18. The lowest BCUT2D eigenvalue weighted by Gasteiger charge is -2.16. The molecule has 1 atom stereocenters. The Balaban J connectivity index is 2.44. The average Bonchev–Trinajstić information content (AvgIpc) is 2.82. The molecule has 21 heavy (non-hydrogen) atoms. The fourth-order valence-electron chi connectivity index (χ4n) is 2.25. The van der Waals surface area contributed by atoms with Gasteiger partial charge in [0.05, 0.1) is 16.8 Å². The van der Waals surface area contributed by atoms with E-state index in [2.05, 4.69) is 29.5 Å². The van der Waals surface area contributed by atoms with Crippen molar-refractivity contribution < 1.29 is 9.90 Å². The molecule has 2 aromatic rings. The Kier molecular flexibility index (Phi) is 5.58. The standard InChI is InChI=1S/C15H20N2O2S2/c1-4-20-8-11(3)17-12-7-5-6-10(2)14(12)16-15(17)21-9-13(18)19/h5-7,11H,4,8-9H2,1-3H3,(H,18,19). The number of aliphatic carboxylic acids is 1. The second-order valence-electron chi connectivity index (χ2n) is 4.90. The minimum absolute atomic E-state index is 0.0377. The van der Waals surface area contributed by atoms with Gasteiger partial charge in [-0.15, -0.1) is 0 Å². The number of carboxylic acids is 1. The van der Waals surface area contributed by atoms with Crippen molar-refractivity contribution >= 4 is 40.5 Å². The molecule has 1 N–H and O–H groups in total. The molecule has 0 radical (unpaired) electrons. The first kappa shape index (κ1) is 16.2. The number of rotatable bonds is 7. The van der Waals surface area contributed by atoms with Crippen molar-refractivity contribution in [3.05, 3.63) is 23.8 Å². The van der Waals surface area contributed by atoms with Crippen molar-refractivity contribution in [3.63, 3.8) is 0 Å². The molecule has 0 saturated heterocycles. The van der Waals surface area contributed by atoms with Gasteiger partial charge in [0.25, 0.3) is 0 Å². The van der Waals surface area contributed by atoms with Crippen molar-refractivity contribution in [2.75, 3.05) is 17.3 Å². The Morgan fingerprint density at radius 3 is 2.90 bits per heavy atom. The summed E-state index contributed by atoms with van der Waals surface area (Å²) >= 11 is 3.18. The SMILES string of the molecule is CCSCC(C)n1c(SCC(=O)O)nc2c(C)cccc21. The number of hydrogen-bond donors (Lipinski definition) is 1. The van der Waals surface area contributed by atoms with Crippen LogP contribution in [0.4, 0.5) is 0 Å². The van der Waals surface area contributed by atoms with Crippen LogP contribution in [0.25, 0.3) is 11.0 Å². The van der Waals surface area contributed by atoms with Gasteiger partial charge in [-0.25, -0.2) is 4.98 Å². The molecule has 0 aliphatic heterocycles. The van der Waals surface area contributed by atoms with Crippen molar-refractivity contribution in [3.8, 4) is 0 Å². The summed E-state index contributed by atoms with van der Waals surface area (Å²) in [6.45, 7) is 6.35. The van der Waals surface area contributed by atoms with E-state index >= 15 is 0 Å². The predicted octanol–water partition coefficient (Wildman–Crippen LogP) is 3.84. The fraction of sp³-hybridized carbons (Fsp3) is 0.467. The maximum absolute atomic E-state index is 10.8. The van der Waals surface area contributed by atoms with Crippen LogP contribution in [0.1, 0.15) is 25.5 Å². The van der Waals surface area contributed by atoms with Crippen LogP contribution in [-0.2, 0) is 4.79 Å². The van der Waals surface area contributed by atoms with Crippen molar-refractivity contribution in [1.29, 1.82) is 0 Å². The number of aromatic nitrogens is 2. The van der Waals surface area contributed by atoms with Gasteiger partial charge in [0.2, 0.25) is 0 Å². The van der Waals surface area contributed by atoms with E-state index in [-0.39, 0.29) is 11.8 Å². The Morgan fingerprint density at radius 2 is 2.24 bits per heavy atom. The normalized spacial score (nSPS) is 12.7. The lowest BCUT2D eigenvalue weighted by molar-refractivity contribution is -0.133. The predicted molar refractivity (Wildman–Crippen MR) is 90.5 cm³/mol. The largest absolute Gasteiger partial charge is 0.481 e. The lowest BCUT2D eigenvalue weighted by Crippen LogP contribution is -2.10. The van der Waals surface area contributed by atoms with Gasteiger partial charge in [0.15, 0.2) is 5.16 Å². The summed E-state index contributed by atoms with van der Waals surface area (Å²) in [5, 5.41) is 9.71. The number of hydrogen-bond acceptors (Lipinski definition) is 4. The quantitative estimate of drug-likeness (QED) is 0.784. The number of benzene rings is 1. The van der Waals surface area contributed by atoms with Gasteiger partial charge in [0, 0.05) is 11.8 Å². The number of fused-ring (bicyclic) bond motifs is 1. The van der Waals surface area contributed by atoms with Crippen LogP contribution < -0.4 is 0 Å². The molecule has 2 rings (SSSR count). The minimum atomic E-state index is -0.814. The molecule has 0 aliphatic carbocycles. The Bertz CT molecular complexity index is 640. The summed E-state index contributed by atoms with van der Waals surface area (Å²) in [6, 6.07) is 6.42. The van der Waals surface area contributed by atoms with Crippen LogP contribution in [0.2, 0.25) is 0 Å². The maximum atomic E-state index is 10.8. The highest BCUT2D eigenvalue weighted by Gasteiger charge is 2.18. The van der Waals surface area contributed by atoms with Gasteiger partial charge in [0.1, 0.15) is 0 Å². The van der Waals surface area contributed by atoms with Crippen LogP contribution in [0.3, 0.4) is 0 Å². The second-order valence-corrected chi connectivity index (χ2v) is 7.16. The topological polar surface area (TPSA) is 55.1 Å². The first-order valence-electron chi connectivity index (χ1n) is 6.94. The number of nitrogens with zero attached hydrogens (tertiary/aromatic N) is 2. The third-order valence-electron chi connectivity index (χ3n) is 3.22. The third-order valence-corrected chi connectivity index (χ3v) is 5.28. The highest BCUT2D eigenvalue weighted by Crippen LogP contribution is 2.30. The molecule has 4 nitrogen and oxygen atoms in total. The molecule has 6 heteroatoms. The Hall–Kier alpha value is -1.14. The zero-order chi connectivity index (χ0) is 15.4. The van der Waals surface area contributed by atoms with Crippen LogP contribution in [0, 0.1) is 6.92 Å². The number of para-hydroxylation sites is 1. The van der Waals surface area contributed by atoms with E-state index in [1.54, 1.807) is 0 Å². The number of imidazole rings is 1. The Labute approximate surface area is 133 Å². The molecule has 1 aromatic carbocycles. The molecule has 0 fully saturated rings. The van der Waals surface area contributed by atoms with Crippen LogP contribution in [-0.4, -0.2) is 37.9 Å². The summed E-state index contributed by atoms with van der Waals surface area (Å²) < 4.78 is 2.18. The van der Waals surface area contributed by atoms with Gasteiger partial charge < -0.3 is 9.67 Å². The molecule has 0 bridgehead atoms. The lowest BCUT2D eigenvalue weighted by atomic mass is 10.2. The van der Waals surface area contributed by atoms with Crippen LogP contribution in [0.15, 0.2) is 23.4 Å². The summed E-state index contributed by atoms with van der Waals surface area (Å²) in [5.74, 6) is 1.30. The van der Waals surface area contributed by atoms with Gasteiger partial charge in [-0.3, -0.25) is 4.79 Å². The first-order valence-corrected chi connectivity index (χ1v) is 9.08. The highest BCUT2D eigenvalue weighted by molar-refractivity contribution is 7.99. The van der Waals surface area contributed by atoms with E-state index in [1.807, 2.05) is 30.8 Å². The maximum Gasteiger partial charge on any atom is 0.313 e. The van der Waals surface area contributed by atoms with E-state index in [4.69, 9.17) is 5.11 Å². The van der Waals surface area contributed by atoms with E-state index in [9.17, 15) is 4.79 Å². The van der Waals surface area contributed by atoms with Gasteiger partial charge in [-0.1, -0.05) is 30.8 Å². The number of carboxylic acid groups (broad SMARTS) is 1. The molecule has 1 unspecified atom stereocenters. The molecular formula is C15H20N2O2S2. The number of thioether (sulfide) groups is 2. The third kappa shape index (κ3) is 3.74. The minimum Gasteiger partial charge on any atom is -0.481 e. The summed E-state index contributed by atoms with van der Waals surface area (Å²) in [6.07, 6.45) is 0. The van der Waals surface area contributed by atoms with Gasteiger partial charge >= 0.3 is 5.97 Å². The average molecular weight is 324 g/mol. The Morgan fingerprint density at radius 1 is 1.48 bits per heavy atom. The molecule has 1 heterocycles. The zero-order valence-electron chi connectivity index (χ0n) is 12.5. The van der Waals surface area contributed by atoms with Crippen LogP contribution in [0.5, 0.6) is 0 Å². The first-order chi connectivity index (χ1) is 10.0. The number of aryl methyl sites for hydroxylation is 1. The molecule has 1 aromatic heterocycles. The monoisotopic (exact) mass is 324 g/mol.